The first kappa shape index (κ1) is 17.1. The van der Waals surface area contributed by atoms with Crippen LogP contribution in [-0.2, 0) is 18.3 Å². The summed E-state index contributed by atoms with van der Waals surface area (Å²) in [6, 6.07) is 1.36. The lowest BCUT2D eigenvalue weighted by atomic mass is 9.99. The maximum absolute atomic E-state index is 11.8. The molecule has 11 heteroatoms. The highest BCUT2D eigenvalue weighted by atomic mass is 31.1. The molecule has 0 bridgehead atoms. The Labute approximate surface area is 126 Å². The van der Waals surface area contributed by atoms with E-state index in [2.05, 4.69) is 9.51 Å². The van der Waals surface area contributed by atoms with Crippen LogP contribution >= 0.6 is 8.25 Å². The lowest BCUT2D eigenvalue weighted by molar-refractivity contribution is -0.113. The van der Waals surface area contributed by atoms with Crippen molar-refractivity contribution in [2.24, 2.45) is 0 Å². The van der Waals surface area contributed by atoms with Gasteiger partial charge < -0.3 is 29.7 Å². The van der Waals surface area contributed by atoms with Crippen molar-refractivity contribution in [1.82, 2.24) is 9.55 Å². The number of rotatable bonds is 5. The third-order valence-electron chi connectivity index (χ3n) is 3.40. The van der Waals surface area contributed by atoms with E-state index < -0.39 is 38.0 Å². The SMILES string of the molecule is CO[PH](=O)OC[C@@]1(C)O[C@@H](n2ccc(N)nc2=O)C(O)C1O. The van der Waals surface area contributed by atoms with Crippen molar-refractivity contribution in [3.63, 3.8) is 0 Å². The predicted octanol–water partition coefficient (Wildman–Crippen LogP) is -1.11. The number of nitrogen functional groups attached to an aromatic ring is 1. The van der Waals surface area contributed by atoms with Crippen LogP contribution in [0.3, 0.4) is 0 Å². The largest absolute Gasteiger partial charge is 0.387 e. The van der Waals surface area contributed by atoms with Gasteiger partial charge in [0.2, 0.25) is 0 Å². The van der Waals surface area contributed by atoms with Crippen molar-refractivity contribution < 1.29 is 28.6 Å². The molecule has 1 aromatic heterocycles. The van der Waals surface area contributed by atoms with Crippen molar-refractivity contribution in [2.45, 2.75) is 31.0 Å². The Bertz CT molecular complexity index is 624. The van der Waals surface area contributed by atoms with Crippen molar-refractivity contribution in [2.75, 3.05) is 19.5 Å². The highest BCUT2D eigenvalue weighted by Gasteiger charge is 2.52. The molecular formula is C11H18N3O7P. The molecule has 0 aromatic carbocycles. The van der Waals surface area contributed by atoms with Crippen LogP contribution in [0.25, 0.3) is 0 Å². The number of hydrogen-bond donors (Lipinski definition) is 3. The van der Waals surface area contributed by atoms with Crippen LogP contribution in [0.1, 0.15) is 13.2 Å². The first-order chi connectivity index (χ1) is 10.3. The average Bonchev–Trinajstić information content (AvgIpc) is 2.70. The Morgan fingerprint density at radius 2 is 2.27 bits per heavy atom. The standard InChI is InChI=1S/C11H18N3O7P/c1-11(5-20-22(18)19-2)8(16)7(15)9(21-11)14-4-3-6(12)13-10(14)17/h3-4,7-9,15-16,22H,5H2,1-2H3,(H2,12,13,17)/t7?,8?,9-,11-/m1/s1. The Hall–Kier alpha value is -1.29. The van der Waals surface area contributed by atoms with E-state index in [0.717, 1.165) is 4.57 Å². The number of nitrogens with two attached hydrogens (primary N) is 1. The molecule has 1 aromatic rings. The van der Waals surface area contributed by atoms with Crippen LogP contribution in [0.15, 0.2) is 17.1 Å². The van der Waals surface area contributed by atoms with Gasteiger partial charge in [-0.3, -0.25) is 9.13 Å². The Balaban J connectivity index is 2.22. The van der Waals surface area contributed by atoms with Crippen LogP contribution in [0.4, 0.5) is 5.82 Å². The highest BCUT2D eigenvalue weighted by molar-refractivity contribution is 7.33. The molecule has 1 aliphatic rings. The molecule has 3 unspecified atom stereocenters. The van der Waals surface area contributed by atoms with Crippen molar-refractivity contribution >= 4 is 14.1 Å². The molecule has 0 amide bonds. The fraction of sp³-hybridized carbons (Fsp3) is 0.636. The van der Waals surface area contributed by atoms with E-state index in [1.165, 1.54) is 26.3 Å². The van der Waals surface area contributed by atoms with E-state index in [9.17, 15) is 19.6 Å². The van der Waals surface area contributed by atoms with E-state index in [0.29, 0.717) is 0 Å². The molecule has 0 aliphatic carbocycles. The summed E-state index contributed by atoms with van der Waals surface area (Å²) in [5.74, 6) is 0.0269. The zero-order valence-electron chi connectivity index (χ0n) is 12.0. The Morgan fingerprint density at radius 1 is 1.59 bits per heavy atom. The van der Waals surface area contributed by atoms with Gasteiger partial charge in [-0.05, 0) is 13.0 Å². The van der Waals surface area contributed by atoms with E-state index in [-0.39, 0.29) is 12.4 Å². The third-order valence-corrected chi connectivity index (χ3v) is 4.11. The first-order valence-electron chi connectivity index (χ1n) is 6.38. The van der Waals surface area contributed by atoms with Gasteiger partial charge in [0.05, 0.1) is 6.61 Å². The molecule has 124 valence electrons. The quantitative estimate of drug-likeness (QED) is 0.570. The number of aliphatic hydroxyl groups is 2. The summed E-state index contributed by atoms with van der Waals surface area (Å²) in [4.78, 5) is 15.3. The topological polar surface area (TPSA) is 146 Å². The van der Waals surface area contributed by atoms with Gasteiger partial charge in [0.1, 0.15) is 23.6 Å². The monoisotopic (exact) mass is 335 g/mol. The third kappa shape index (κ3) is 3.22. The van der Waals surface area contributed by atoms with Gasteiger partial charge in [-0.15, -0.1) is 0 Å². The molecule has 22 heavy (non-hydrogen) atoms. The molecule has 0 spiro atoms. The van der Waals surface area contributed by atoms with Gasteiger partial charge in [-0.25, -0.2) is 4.79 Å². The number of anilines is 1. The summed E-state index contributed by atoms with van der Waals surface area (Å²) >= 11 is 0. The lowest BCUT2D eigenvalue weighted by Gasteiger charge is -2.26. The number of nitrogens with zero attached hydrogens (tertiary/aromatic N) is 2. The van der Waals surface area contributed by atoms with Crippen molar-refractivity contribution in [1.29, 1.82) is 0 Å². The molecule has 4 N–H and O–H groups in total. The lowest BCUT2D eigenvalue weighted by Crippen LogP contribution is -2.43. The second-order valence-electron chi connectivity index (χ2n) is 5.04. The molecule has 2 rings (SSSR count). The maximum Gasteiger partial charge on any atom is 0.351 e. The van der Waals surface area contributed by atoms with Crippen LogP contribution in [0.2, 0.25) is 0 Å². The minimum Gasteiger partial charge on any atom is -0.387 e. The van der Waals surface area contributed by atoms with Gasteiger partial charge in [0, 0.05) is 13.3 Å². The van der Waals surface area contributed by atoms with Gasteiger partial charge in [0.25, 0.3) is 0 Å². The fourth-order valence-corrected chi connectivity index (χ4v) is 2.68. The first-order valence-corrected chi connectivity index (χ1v) is 7.60. The average molecular weight is 335 g/mol. The van der Waals surface area contributed by atoms with Crippen LogP contribution in [0, 0.1) is 0 Å². The number of ether oxygens (including phenoxy) is 1. The molecule has 5 atom stereocenters. The van der Waals surface area contributed by atoms with Gasteiger partial charge in [-0.1, -0.05) is 0 Å². The van der Waals surface area contributed by atoms with E-state index in [4.69, 9.17) is 15.0 Å². The molecular weight excluding hydrogens is 317 g/mol. The van der Waals surface area contributed by atoms with E-state index in [1.807, 2.05) is 0 Å². The van der Waals surface area contributed by atoms with Crippen molar-refractivity contribution in [3.8, 4) is 0 Å². The van der Waals surface area contributed by atoms with Crippen LogP contribution < -0.4 is 11.4 Å². The molecule has 0 saturated carbocycles. The molecule has 1 saturated heterocycles. The Kier molecular flexibility index (Phi) is 5.00. The summed E-state index contributed by atoms with van der Waals surface area (Å²) in [7, 11) is -1.49. The van der Waals surface area contributed by atoms with Gasteiger partial charge >= 0.3 is 13.9 Å². The predicted molar refractivity (Wildman–Crippen MR) is 75.4 cm³/mol. The summed E-state index contributed by atoms with van der Waals surface area (Å²) in [6.45, 7) is 1.17. The zero-order chi connectivity index (χ0) is 16.5. The smallest absolute Gasteiger partial charge is 0.351 e. The normalized spacial score (nSPS) is 33.0. The highest BCUT2D eigenvalue weighted by Crippen LogP contribution is 2.38. The zero-order valence-corrected chi connectivity index (χ0v) is 13.0. The summed E-state index contributed by atoms with van der Waals surface area (Å²) in [5.41, 5.74) is 3.29. The molecule has 2 heterocycles. The molecule has 10 nitrogen and oxygen atoms in total. The summed E-state index contributed by atoms with van der Waals surface area (Å²) in [6.07, 6.45) is -2.64. The second kappa shape index (κ2) is 6.45. The fourth-order valence-electron chi connectivity index (χ4n) is 2.15. The van der Waals surface area contributed by atoms with E-state index in [1.54, 1.807) is 0 Å². The van der Waals surface area contributed by atoms with Crippen LogP contribution in [0.5, 0.6) is 0 Å². The Morgan fingerprint density at radius 3 is 2.86 bits per heavy atom. The molecule has 0 radical (unpaired) electrons. The summed E-state index contributed by atoms with van der Waals surface area (Å²) in [5, 5.41) is 20.2. The number of aliphatic hydroxyl groups excluding tert-OH is 2. The minimum atomic E-state index is -2.71. The van der Waals surface area contributed by atoms with Crippen molar-refractivity contribution in [3.05, 3.63) is 22.7 Å². The molecule has 1 fully saturated rings. The second-order valence-corrected chi connectivity index (χ2v) is 6.24. The van der Waals surface area contributed by atoms with E-state index >= 15 is 0 Å². The maximum atomic E-state index is 11.8. The van der Waals surface area contributed by atoms with Gasteiger partial charge in [-0.2, -0.15) is 4.98 Å². The number of aromatic nitrogens is 2. The van der Waals surface area contributed by atoms with Crippen LogP contribution in [-0.4, -0.2) is 51.3 Å². The van der Waals surface area contributed by atoms with Gasteiger partial charge in [0.15, 0.2) is 6.23 Å². The summed E-state index contributed by atoms with van der Waals surface area (Å²) < 4.78 is 27.2. The molecule has 1 aliphatic heterocycles. The minimum absolute atomic E-state index is 0.0269. The number of hydrogen-bond acceptors (Lipinski definition) is 9.